The van der Waals surface area contributed by atoms with Crippen molar-refractivity contribution in [1.29, 1.82) is 0 Å². The van der Waals surface area contributed by atoms with Crippen LogP contribution in [0.1, 0.15) is 90.0 Å². The summed E-state index contributed by atoms with van der Waals surface area (Å²) < 4.78 is 0. The second-order valence-corrected chi connectivity index (χ2v) is 11.7. The second-order valence-electron chi connectivity index (χ2n) is 11.3. The molecule has 2 N–H and O–H groups in total. The fourth-order valence-corrected chi connectivity index (χ4v) is 8.53. The third-order valence-corrected chi connectivity index (χ3v) is 9.81. The van der Waals surface area contributed by atoms with Gasteiger partial charge in [-0.05, 0) is 112 Å². The fourth-order valence-electron chi connectivity index (χ4n) is 8.41. The van der Waals surface area contributed by atoms with Crippen LogP contribution < -0.4 is 5.32 Å². The summed E-state index contributed by atoms with van der Waals surface area (Å²) in [4.78, 5) is 0. The number of nitrogens with two attached hydrogens (primary N) is 1. The van der Waals surface area contributed by atoms with Gasteiger partial charge in [-0.2, -0.15) is 0 Å². The molecule has 154 valence electrons. The Morgan fingerprint density at radius 2 is 1.64 bits per heavy atom. The van der Waals surface area contributed by atoms with Crippen molar-refractivity contribution in [2.45, 2.75) is 102 Å². The Morgan fingerprint density at radius 3 is 2.25 bits per heavy atom. The van der Waals surface area contributed by atoms with Crippen LogP contribution in [0, 0.1) is 23.2 Å². The van der Waals surface area contributed by atoms with Crippen molar-refractivity contribution in [1.82, 2.24) is 0 Å². The predicted octanol–water partition coefficient (Wildman–Crippen LogP) is 6.10. The van der Waals surface area contributed by atoms with E-state index in [9.17, 15) is 0 Å². The minimum atomic E-state index is 0.441. The molecule has 0 aliphatic heterocycles. The largest absolute Gasteiger partial charge is 0.341 e. The topological polar surface area (TPSA) is 16.6 Å². The van der Waals surface area contributed by atoms with Crippen molar-refractivity contribution >= 4 is 11.6 Å². The van der Waals surface area contributed by atoms with Crippen LogP contribution in [0.2, 0.25) is 5.02 Å². The Hall–Kier alpha value is -0.530. The SMILES string of the molecule is CCC1CCC([NH2+][C@H](C)C23C[C@@H]4C[C@@H](CC(c5ccc(Cl)cc5)(C4)C2)C3)CC1. The van der Waals surface area contributed by atoms with E-state index in [4.69, 9.17) is 11.6 Å². The quantitative estimate of drug-likeness (QED) is 0.615. The summed E-state index contributed by atoms with van der Waals surface area (Å²) in [6.07, 6.45) is 16.0. The summed E-state index contributed by atoms with van der Waals surface area (Å²) >= 11 is 6.22. The number of halogens is 1. The van der Waals surface area contributed by atoms with Crippen molar-refractivity contribution in [3.8, 4) is 0 Å². The van der Waals surface area contributed by atoms with E-state index in [2.05, 4.69) is 43.4 Å². The fraction of sp³-hybridized carbons (Fsp3) is 0.769. The Morgan fingerprint density at radius 1 is 1.00 bits per heavy atom. The molecule has 2 unspecified atom stereocenters. The molecule has 5 aliphatic carbocycles. The molecule has 1 aromatic rings. The molecule has 0 spiro atoms. The minimum Gasteiger partial charge on any atom is -0.341 e. The van der Waals surface area contributed by atoms with Gasteiger partial charge in [-0.25, -0.2) is 0 Å². The van der Waals surface area contributed by atoms with Crippen LogP contribution in [0.15, 0.2) is 24.3 Å². The molecule has 5 aliphatic rings. The number of hydrogen-bond acceptors (Lipinski definition) is 0. The van der Waals surface area contributed by atoms with Crippen LogP contribution in [-0.2, 0) is 5.41 Å². The summed E-state index contributed by atoms with van der Waals surface area (Å²) in [5, 5.41) is 3.72. The molecule has 5 atom stereocenters. The third kappa shape index (κ3) is 3.35. The summed E-state index contributed by atoms with van der Waals surface area (Å²) in [6, 6.07) is 10.6. The zero-order chi connectivity index (χ0) is 19.4. The highest BCUT2D eigenvalue weighted by atomic mass is 35.5. The lowest BCUT2D eigenvalue weighted by Gasteiger charge is -2.63. The summed E-state index contributed by atoms with van der Waals surface area (Å²) in [5.74, 6) is 2.93. The van der Waals surface area contributed by atoms with E-state index in [0.29, 0.717) is 10.8 Å². The van der Waals surface area contributed by atoms with Crippen LogP contribution in [0.25, 0.3) is 0 Å². The molecule has 4 bridgehead atoms. The smallest absolute Gasteiger partial charge is 0.0890 e. The van der Waals surface area contributed by atoms with Crippen LogP contribution in [0.3, 0.4) is 0 Å². The van der Waals surface area contributed by atoms with Crippen LogP contribution in [-0.4, -0.2) is 12.1 Å². The zero-order valence-electron chi connectivity index (χ0n) is 17.9. The van der Waals surface area contributed by atoms with Crippen molar-refractivity contribution in [2.75, 3.05) is 0 Å². The first-order chi connectivity index (χ1) is 13.5. The summed E-state index contributed by atoms with van der Waals surface area (Å²) in [5.41, 5.74) is 2.60. The molecule has 1 aromatic carbocycles. The van der Waals surface area contributed by atoms with E-state index in [1.165, 1.54) is 70.6 Å². The highest BCUT2D eigenvalue weighted by Crippen LogP contribution is 2.66. The third-order valence-electron chi connectivity index (χ3n) is 9.56. The molecule has 2 heteroatoms. The number of quaternary nitrogens is 1. The molecule has 0 radical (unpaired) electrons. The first-order valence-electron chi connectivity index (χ1n) is 12.1. The molecule has 0 amide bonds. The number of hydrogen-bond donors (Lipinski definition) is 1. The lowest BCUT2D eigenvalue weighted by Crippen LogP contribution is -2.97. The predicted molar refractivity (Wildman–Crippen MR) is 118 cm³/mol. The van der Waals surface area contributed by atoms with E-state index in [-0.39, 0.29) is 0 Å². The molecule has 28 heavy (non-hydrogen) atoms. The molecule has 5 saturated carbocycles. The van der Waals surface area contributed by atoms with Gasteiger partial charge in [-0.15, -0.1) is 0 Å². The van der Waals surface area contributed by atoms with Crippen molar-refractivity contribution in [2.24, 2.45) is 23.2 Å². The van der Waals surface area contributed by atoms with Crippen molar-refractivity contribution in [3.63, 3.8) is 0 Å². The van der Waals surface area contributed by atoms with E-state index in [0.717, 1.165) is 34.9 Å². The summed E-state index contributed by atoms with van der Waals surface area (Å²) in [6.45, 7) is 4.97. The molecule has 0 heterocycles. The van der Waals surface area contributed by atoms with E-state index < -0.39 is 0 Å². The molecule has 5 fully saturated rings. The first kappa shape index (κ1) is 19.4. The van der Waals surface area contributed by atoms with Gasteiger partial charge in [0.25, 0.3) is 0 Å². The standard InChI is InChI=1S/C26H38ClN/c1-3-19-4-10-24(11-5-19)28-18(2)25-13-20-12-21(14-25)16-26(15-20,17-25)22-6-8-23(27)9-7-22/h6-9,18-21,24,28H,3-5,10-17H2,1-2H3/p+1/t18-,19?,20-,21+,24?,25?,26?/m1/s1. The zero-order valence-corrected chi connectivity index (χ0v) is 18.7. The van der Waals surface area contributed by atoms with Gasteiger partial charge in [-0.1, -0.05) is 37.1 Å². The van der Waals surface area contributed by atoms with E-state index >= 15 is 0 Å². The Labute approximate surface area is 177 Å². The van der Waals surface area contributed by atoms with Gasteiger partial charge in [0.1, 0.15) is 0 Å². The number of rotatable bonds is 5. The molecule has 0 saturated heterocycles. The summed E-state index contributed by atoms with van der Waals surface area (Å²) in [7, 11) is 0. The van der Waals surface area contributed by atoms with Gasteiger partial charge in [0.15, 0.2) is 0 Å². The minimum absolute atomic E-state index is 0.441. The number of benzene rings is 1. The molecule has 1 nitrogen and oxygen atoms in total. The van der Waals surface area contributed by atoms with Crippen LogP contribution in [0.5, 0.6) is 0 Å². The second kappa shape index (κ2) is 7.31. The average Bonchev–Trinajstić information content (AvgIpc) is 2.68. The molecule has 6 rings (SSSR count). The Kier molecular flexibility index (Phi) is 5.07. The van der Waals surface area contributed by atoms with Crippen LogP contribution in [0.4, 0.5) is 0 Å². The lowest BCUT2D eigenvalue weighted by molar-refractivity contribution is -0.735. The molecule has 0 aromatic heterocycles. The maximum atomic E-state index is 6.22. The van der Waals surface area contributed by atoms with Gasteiger partial charge >= 0.3 is 0 Å². The normalized spacial score (nSPS) is 43.2. The highest BCUT2D eigenvalue weighted by molar-refractivity contribution is 6.30. The van der Waals surface area contributed by atoms with Gasteiger partial charge in [0, 0.05) is 10.4 Å². The average molecular weight is 401 g/mol. The lowest BCUT2D eigenvalue weighted by atomic mass is 9.41. The van der Waals surface area contributed by atoms with E-state index in [1.807, 2.05) is 0 Å². The van der Waals surface area contributed by atoms with Gasteiger partial charge in [0.05, 0.1) is 12.1 Å². The van der Waals surface area contributed by atoms with Crippen LogP contribution >= 0.6 is 11.6 Å². The van der Waals surface area contributed by atoms with Crippen molar-refractivity contribution < 1.29 is 5.32 Å². The molecular formula is C26H39ClN+. The van der Waals surface area contributed by atoms with Crippen molar-refractivity contribution in [3.05, 3.63) is 34.9 Å². The monoisotopic (exact) mass is 400 g/mol. The van der Waals surface area contributed by atoms with Gasteiger partial charge < -0.3 is 5.32 Å². The Bertz CT molecular complexity index is 673. The molecular weight excluding hydrogens is 362 g/mol. The first-order valence-corrected chi connectivity index (χ1v) is 12.5. The van der Waals surface area contributed by atoms with Gasteiger partial charge in [0.2, 0.25) is 0 Å². The highest BCUT2D eigenvalue weighted by Gasteiger charge is 2.61. The van der Waals surface area contributed by atoms with Gasteiger partial charge in [-0.3, -0.25) is 0 Å². The van der Waals surface area contributed by atoms with E-state index in [1.54, 1.807) is 5.56 Å². The maximum Gasteiger partial charge on any atom is 0.0890 e. The maximum absolute atomic E-state index is 6.22. The Balaban J connectivity index is 1.35.